The lowest BCUT2D eigenvalue weighted by Gasteiger charge is -2.21. The molecule has 0 aromatic carbocycles. The predicted molar refractivity (Wildman–Crippen MR) is 42.0 cm³/mol. The Kier molecular flexibility index (Phi) is 5.41. The molecular formula is C7H17NO3. The Morgan fingerprint density at radius 1 is 1.36 bits per heavy atom. The van der Waals surface area contributed by atoms with E-state index in [1.165, 1.54) is 0 Å². The van der Waals surface area contributed by atoms with Gasteiger partial charge in [0.25, 0.3) is 0 Å². The van der Waals surface area contributed by atoms with Crippen LogP contribution < -0.4 is 5.73 Å². The van der Waals surface area contributed by atoms with Gasteiger partial charge in [-0.1, -0.05) is 13.3 Å². The summed E-state index contributed by atoms with van der Waals surface area (Å²) in [6.45, 7) is 1.60. The second-order valence-corrected chi connectivity index (χ2v) is 2.69. The van der Waals surface area contributed by atoms with Gasteiger partial charge in [-0.05, 0) is 6.42 Å². The van der Waals surface area contributed by atoms with Crippen LogP contribution in [0.4, 0.5) is 0 Å². The molecule has 11 heavy (non-hydrogen) atoms. The molecule has 0 aromatic rings. The highest BCUT2D eigenvalue weighted by Gasteiger charge is 2.21. The summed E-state index contributed by atoms with van der Waals surface area (Å²) in [5.74, 6) is 0. The molecule has 0 saturated heterocycles. The maximum Gasteiger partial charge on any atom is 0.0971 e. The fourth-order valence-corrected chi connectivity index (χ4v) is 0.860. The molecule has 0 saturated carbocycles. The van der Waals surface area contributed by atoms with E-state index in [2.05, 4.69) is 0 Å². The molecule has 0 aliphatic rings. The Morgan fingerprint density at radius 3 is 2.27 bits per heavy atom. The van der Waals surface area contributed by atoms with E-state index in [0.717, 1.165) is 6.42 Å². The van der Waals surface area contributed by atoms with Crippen molar-refractivity contribution in [1.29, 1.82) is 0 Å². The summed E-state index contributed by atoms with van der Waals surface area (Å²) in [5.41, 5.74) is 5.29. The van der Waals surface area contributed by atoms with Crippen LogP contribution in [0, 0.1) is 0 Å². The van der Waals surface area contributed by atoms with Crippen LogP contribution in [0.2, 0.25) is 0 Å². The zero-order chi connectivity index (χ0) is 8.85. The summed E-state index contributed by atoms with van der Waals surface area (Å²) < 4.78 is 0. The molecule has 0 amide bonds. The Morgan fingerprint density at radius 2 is 1.91 bits per heavy atom. The summed E-state index contributed by atoms with van der Waals surface area (Å²) in [6, 6.07) is -0.739. The minimum Gasteiger partial charge on any atom is -0.395 e. The van der Waals surface area contributed by atoms with Gasteiger partial charge in [0.2, 0.25) is 0 Å². The fourth-order valence-electron chi connectivity index (χ4n) is 0.860. The Bertz CT molecular complexity index is 99.7. The molecule has 4 heteroatoms. The molecule has 68 valence electrons. The number of hydrogen-bond donors (Lipinski definition) is 4. The van der Waals surface area contributed by atoms with Gasteiger partial charge in [0.1, 0.15) is 0 Å². The monoisotopic (exact) mass is 163 g/mol. The van der Waals surface area contributed by atoms with Gasteiger partial charge in [0, 0.05) is 0 Å². The number of rotatable bonds is 5. The van der Waals surface area contributed by atoms with Crippen LogP contribution in [-0.4, -0.2) is 40.2 Å². The van der Waals surface area contributed by atoms with E-state index in [9.17, 15) is 10.2 Å². The second kappa shape index (κ2) is 5.49. The van der Waals surface area contributed by atoms with E-state index in [4.69, 9.17) is 10.8 Å². The largest absolute Gasteiger partial charge is 0.395 e. The minimum absolute atomic E-state index is 0.304. The van der Waals surface area contributed by atoms with Crippen LogP contribution in [0.3, 0.4) is 0 Å². The molecule has 0 rings (SSSR count). The summed E-state index contributed by atoms with van der Waals surface area (Å²) >= 11 is 0. The molecule has 0 fully saturated rings. The Hall–Kier alpha value is -0.160. The maximum absolute atomic E-state index is 9.18. The molecule has 0 bridgehead atoms. The molecule has 5 N–H and O–H groups in total. The number of nitrogens with two attached hydrogens (primary N) is 1. The molecule has 0 aliphatic heterocycles. The van der Waals surface area contributed by atoms with Gasteiger partial charge in [-0.3, -0.25) is 0 Å². The average molecular weight is 163 g/mol. The molecular weight excluding hydrogens is 146 g/mol. The van der Waals surface area contributed by atoms with Gasteiger partial charge in [-0.25, -0.2) is 0 Å². The van der Waals surface area contributed by atoms with Gasteiger partial charge in [-0.15, -0.1) is 0 Å². The van der Waals surface area contributed by atoms with Crippen molar-refractivity contribution in [1.82, 2.24) is 0 Å². The van der Waals surface area contributed by atoms with Crippen molar-refractivity contribution in [2.24, 2.45) is 5.73 Å². The van der Waals surface area contributed by atoms with Gasteiger partial charge >= 0.3 is 0 Å². The third kappa shape index (κ3) is 3.67. The first kappa shape index (κ1) is 10.8. The van der Waals surface area contributed by atoms with E-state index in [1.54, 1.807) is 0 Å². The molecule has 3 unspecified atom stereocenters. The first-order chi connectivity index (χ1) is 5.13. The first-order valence-corrected chi connectivity index (χ1v) is 3.86. The number of aliphatic hydroxyl groups excluding tert-OH is 3. The van der Waals surface area contributed by atoms with E-state index in [0.29, 0.717) is 6.42 Å². The third-order valence-electron chi connectivity index (χ3n) is 1.63. The normalized spacial score (nSPS) is 19.4. The first-order valence-electron chi connectivity index (χ1n) is 3.86. The molecule has 0 spiro atoms. The summed E-state index contributed by atoms with van der Waals surface area (Å²) in [4.78, 5) is 0. The van der Waals surface area contributed by atoms with E-state index < -0.39 is 18.2 Å². The van der Waals surface area contributed by atoms with Gasteiger partial charge < -0.3 is 21.1 Å². The minimum atomic E-state index is -1.01. The summed E-state index contributed by atoms with van der Waals surface area (Å²) in [5, 5.41) is 26.9. The van der Waals surface area contributed by atoms with Crippen LogP contribution in [0.25, 0.3) is 0 Å². The lowest BCUT2D eigenvalue weighted by atomic mass is 10.0. The van der Waals surface area contributed by atoms with Crippen LogP contribution in [0.1, 0.15) is 19.8 Å². The lowest BCUT2D eigenvalue weighted by molar-refractivity contribution is -0.0112. The molecule has 3 atom stereocenters. The molecule has 0 aliphatic carbocycles. The van der Waals surface area contributed by atoms with Crippen molar-refractivity contribution in [2.75, 3.05) is 6.61 Å². The Balaban J connectivity index is 3.70. The highest BCUT2D eigenvalue weighted by molar-refractivity contribution is 4.77. The van der Waals surface area contributed by atoms with Gasteiger partial charge in [0.05, 0.1) is 24.9 Å². The van der Waals surface area contributed by atoms with Crippen LogP contribution in [0.15, 0.2) is 0 Å². The Labute approximate surface area is 66.7 Å². The van der Waals surface area contributed by atoms with Crippen molar-refractivity contribution in [3.05, 3.63) is 0 Å². The highest BCUT2D eigenvalue weighted by Crippen LogP contribution is 2.04. The van der Waals surface area contributed by atoms with Gasteiger partial charge in [0.15, 0.2) is 0 Å². The topological polar surface area (TPSA) is 86.7 Å². The standard InChI is InChI=1S/C7H17NO3/c1-2-3-6(10)7(11)5(8)4-9/h5-7,9-11H,2-4,8H2,1H3. The second-order valence-electron chi connectivity index (χ2n) is 2.69. The van der Waals surface area contributed by atoms with E-state index in [1.807, 2.05) is 6.92 Å². The fraction of sp³-hybridized carbons (Fsp3) is 1.00. The smallest absolute Gasteiger partial charge is 0.0971 e. The van der Waals surface area contributed by atoms with Crippen molar-refractivity contribution in [3.8, 4) is 0 Å². The average Bonchev–Trinajstić information content (AvgIpc) is 2.02. The molecule has 4 nitrogen and oxygen atoms in total. The van der Waals surface area contributed by atoms with Gasteiger partial charge in [-0.2, -0.15) is 0 Å². The number of hydrogen-bond acceptors (Lipinski definition) is 4. The SMILES string of the molecule is CCCC(O)C(O)C(N)CO. The molecule has 0 aromatic heterocycles. The summed E-state index contributed by atoms with van der Waals surface area (Å²) in [6.07, 6.45) is -0.535. The van der Waals surface area contributed by atoms with Crippen molar-refractivity contribution in [3.63, 3.8) is 0 Å². The zero-order valence-electron chi connectivity index (χ0n) is 6.77. The van der Waals surface area contributed by atoms with E-state index >= 15 is 0 Å². The van der Waals surface area contributed by atoms with Crippen molar-refractivity contribution in [2.45, 2.75) is 38.0 Å². The zero-order valence-corrected chi connectivity index (χ0v) is 6.77. The highest BCUT2D eigenvalue weighted by atomic mass is 16.3. The molecule has 0 radical (unpaired) electrons. The van der Waals surface area contributed by atoms with Crippen LogP contribution in [0.5, 0.6) is 0 Å². The van der Waals surface area contributed by atoms with Crippen LogP contribution >= 0.6 is 0 Å². The molecule has 0 heterocycles. The van der Waals surface area contributed by atoms with Crippen molar-refractivity contribution >= 4 is 0 Å². The van der Waals surface area contributed by atoms with Crippen molar-refractivity contribution < 1.29 is 15.3 Å². The lowest BCUT2D eigenvalue weighted by Crippen LogP contribution is -2.45. The summed E-state index contributed by atoms with van der Waals surface area (Å²) in [7, 11) is 0. The predicted octanol–water partition coefficient (Wildman–Crippen LogP) is -1.17. The quantitative estimate of drug-likeness (QED) is 0.411. The third-order valence-corrected chi connectivity index (χ3v) is 1.63. The maximum atomic E-state index is 9.18. The van der Waals surface area contributed by atoms with E-state index in [-0.39, 0.29) is 6.61 Å². The van der Waals surface area contributed by atoms with Crippen LogP contribution in [-0.2, 0) is 0 Å². The number of aliphatic hydroxyl groups is 3.